The van der Waals surface area contributed by atoms with Gasteiger partial charge in [-0.2, -0.15) is 14.8 Å². The van der Waals surface area contributed by atoms with Crippen LogP contribution in [0.3, 0.4) is 0 Å². The Hall–Kier alpha value is -3.02. The summed E-state index contributed by atoms with van der Waals surface area (Å²) >= 11 is 11.9. The molecule has 10 heteroatoms. The van der Waals surface area contributed by atoms with Gasteiger partial charge in [-0.15, -0.1) is 0 Å². The summed E-state index contributed by atoms with van der Waals surface area (Å²) in [6.45, 7) is -0.150. The number of nitrogens with one attached hydrogen (secondary N) is 1. The van der Waals surface area contributed by atoms with E-state index in [0.29, 0.717) is 0 Å². The number of ether oxygens (including phenoxy) is 2. The van der Waals surface area contributed by atoms with E-state index in [9.17, 15) is 9.18 Å². The molecule has 0 aliphatic rings. The maximum absolute atomic E-state index is 14.8. The fraction of sp³-hybridized carbons (Fsp3) is 0.118. The van der Waals surface area contributed by atoms with Gasteiger partial charge < -0.3 is 9.47 Å². The average molecular weight is 409 g/mol. The van der Waals surface area contributed by atoms with E-state index in [-0.39, 0.29) is 45.3 Å². The van der Waals surface area contributed by atoms with E-state index in [2.05, 4.69) is 10.2 Å². The standard InChI is InChI=1S/C17H11Cl2FN4O3/c1-24-14(22-23-17(24)25)8-26-13-3-2-12(19)16(15(13)20)27-11-5-9(7-21)4-10(18)6-11/h2-6H,8H2,1H3,(H,23,25). The van der Waals surface area contributed by atoms with Crippen molar-refractivity contribution in [2.75, 3.05) is 0 Å². The van der Waals surface area contributed by atoms with Gasteiger partial charge in [-0.1, -0.05) is 23.2 Å². The molecular weight excluding hydrogens is 398 g/mol. The number of rotatable bonds is 5. The molecule has 3 rings (SSSR count). The fourth-order valence-corrected chi connectivity index (χ4v) is 2.58. The lowest BCUT2D eigenvalue weighted by Crippen LogP contribution is -2.15. The number of benzene rings is 2. The Morgan fingerprint density at radius 1 is 1.33 bits per heavy atom. The van der Waals surface area contributed by atoms with Crippen LogP contribution in [-0.2, 0) is 13.7 Å². The van der Waals surface area contributed by atoms with Gasteiger partial charge in [-0.3, -0.25) is 4.57 Å². The minimum atomic E-state index is -0.846. The molecular formula is C17H11Cl2FN4O3. The first-order valence-corrected chi connectivity index (χ1v) is 8.24. The van der Waals surface area contributed by atoms with Crippen LogP contribution in [0, 0.1) is 17.1 Å². The molecule has 0 saturated heterocycles. The first kappa shape index (κ1) is 18.8. The predicted octanol–water partition coefficient (Wildman–Crippen LogP) is 3.80. The molecule has 0 unspecified atom stereocenters. The van der Waals surface area contributed by atoms with E-state index in [1.807, 2.05) is 6.07 Å². The second kappa shape index (κ2) is 7.70. The minimum Gasteiger partial charge on any atom is -0.482 e. The van der Waals surface area contributed by atoms with Gasteiger partial charge in [0.15, 0.2) is 17.3 Å². The van der Waals surface area contributed by atoms with Crippen molar-refractivity contribution in [3.05, 3.63) is 68.1 Å². The molecule has 138 valence electrons. The maximum atomic E-state index is 14.8. The molecule has 0 fully saturated rings. The Bertz CT molecular complexity index is 1100. The third-order valence-electron chi connectivity index (χ3n) is 3.56. The zero-order valence-electron chi connectivity index (χ0n) is 13.8. The number of hydrogen-bond acceptors (Lipinski definition) is 5. The SMILES string of the molecule is Cn1c(COc2ccc(Cl)c(Oc3cc(Cl)cc(C#N)c3)c2F)n[nH]c1=O. The summed E-state index contributed by atoms with van der Waals surface area (Å²) in [7, 11) is 1.50. The first-order chi connectivity index (χ1) is 12.9. The van der Waals surface area contributed by atoms with Crippen LogP contribution < -0.4 is 15.2 Å². The van der Waals surface area contributed by atoms with E-state index < -0.39 is 11.5 Å². The third kappa shape index (κ3) is 4.05. The highest BCUT2D eigenvalue weighted by Crippen LogP contribution is 2.38. The van der Waals surface area contributed by atoms with Crippen LogP contribution in [0.15, 0.2) is 35.1 Å². The van der Waals surface area contributed by atoms with Crippen LogP contribution >= 0.6 is 23.2 Å². The van der Waals surface area contributed by atoms with Crippen LogP contribution in [-0.4, -0.2) is 14.8 Å². The Labute approximate surface area is 162 Å². The Balaban J connectivity index is 1.87. The molecule has 0 spiro atoms. The maximum Gasteiger partial charge on any atom is 0.343 e. The Morgan fingerprint density at radius 2 is 2.11 bits per heavy atom. The molecule has 27 heavy (non-hydrogen) atoms. The van der Waals surface area contributed by atoms with Crippen LogP contribution in [0.2, 0.25) is 10.0 Å². The fourth-order valence-electron chi connectivity index (χ4n) is 2.17. The number of aromatic nitrogens is 3. The van der Waals surface area contributed by atoms with Crippen molar-refractivity contribution in [3.63, 3.8) is 0 Å². The molecule has 0 radical (unpaired) electrons. The Kier molecular flexibility index (Phi) is 5.35. The molecule has 7 nitrogen and oxygen atoms in total. The number of hydrogen-bond donors (Lipinski definition) is 1. The quantitative estimate of drug-likeness (QED) is 0.692. The number of H-pyrrole nitrogens is 1. The van der Waals surface area contributed by atoms with Crippen molar-refractivity contribution in [3.8, 4) is 23.3 Å². The largest absolute Gasteiger partial charge is 0.482 e. The highest BCUT2D eigenvalue weighted by Gasteiger charge is 2.17. The molecule has 0 aliphatic carbocycles. The second-order valence-electron chi connectivity index (χ2n) is 5.37. The summed E-state index contributed by atoms with van der Waals surface area (Å²) in [4.78, 5) is 11.3. The van der Waals surface area contributed by atoms with Crippen molar-refractivity contribution in [1.82, 2.24) is 14.8 Å². The third-order valence-corrected chi connectivity index (χ3v) is 4.08. The smallest absolute Gasteiger partial charge is 0.343 e. The number of aromatic amines is 1. The second-order valence-corrected chi connectivity index (χ2v) is 6.21. The lowest BCUT2D eigenvalue weighted by Gasteiger charge is -2.13. The monoisotopic (exact) mass is 408 g/mol. The summed E-state index contributed by atoms with van der Waals surface area (Å²) < 4.78 is 26.9. The topological polar surface area (TPSA) is 92.9 Å². The van der Waals surface area contributed by atoms with Crippen molar-refractivity contribution in [2.45, 2.75) is 6.61 Å². The average Bonchev–Trinajstić information content (AvgIpc) is 2.96. The van der Waals surface area contributed by atoms with E-state index in [4.69, 9.17) is 37.9 Å². The highest BCUT2D eigenvalue weighted by molar-refractivity contribution is 6.32. The molecule has 1 N–H and O–H groups in total. The van der Waals surface area contributed by atoms with Gasteiger partial charge in [0.05, 0.1) is 16.7 Å². The summed E-state index contributed by atoms with van der Waals surface area (Å²) in [6.07, 6.45) is 0. The minimum absolute atomic E-state index is 0.00510. The molecule has 2 aromatic carbocycles. The number of halogens is 3. The van der Waals surface area contributed by atoms with Gasteiger partial charge in [-0.25, -0.2) is 9.89 Å². The van der Waals surface area contributed by atoms with E-state index >= 15 is 0 Å². The molecule has 0 aliphatic heterocycles. The molecule has 0 saturated carbocycles. The van der Waals surface area contributed by atoms with Crippen molar-refractivity contribution < 1.29 is 13.9 Å². The molecule has 0 bridgehead atoms. The molecule has 1 heterocycles. The summed E-state index contributed by atoms with van der Waals surface area (Å²) in [5, 5.41) is 15.3. The highest BCUT2D eigenvalue weighted by atomic mass is 35.5. The predicted molar refractivity (Wildman–Crippen MR) is 95.8 cm³/mol. The van der Waals surface area contributed by atoms with Crippen LogP contribution in [0.4, 0.5) is 4.39 Å². The van der Waals surface area contributed by atoms with Gasteiger partial charge in [0.25, 0.3) is 0 Å². The molecule has 0 atom stereocenters. The van der Waals surface area contributed by atoms with Crippen LogP contribution in [0.25, 0.3) is 0 Å². The van der Waals surface area contributed by atoms with Crippen molar-refractivity contribution in [1.29, 1.82) is 5.26 Å². The van der Waals surface area contributed by atoms with E-state index in [1.165, 1.54) is 41.9 Å². The van der Waals surface area contributed by atoms with Gasteiger partial charge in [-0.05, 0) is 30.3 Å². The lowest BCUT2D eigenvalue weighted by atomic mass is 10.2. The Morgan fingerprint density at radius 3 is 2.78 bits per heavy atom. The molecule has 1 aromatic heterocycles. The zero-order valence-corrected chi connectivity index (χ0v) is 15.3. The summed E-state index contributed by atoms with van der Waals surface area (Å²) in [5.74, 6) is -0.845. The first-order valence-electron chi connectivity index (χ1n) is 7.48. The van der Waals surface area contributed by atoms with E-state index in [0.717, 1.165) is 0 Å². The van der Waals surface area contributed by atoms with E-state index in [1.54, 1.807) is 0 Å². The van der Waals surface area contributed by atoms with Gasteiger partial charge in [0.2, 0.25) is 5.82 Å². The summed E-state index contributed by atoms with van der Waals surface area (Å²) in [5.41, 5.74) is -0.163. The normalized spacial score (nSPS) is 10.5. The van der Waals surface area contributed by atoms with Crippen LogP contribution in [0.1, 0.15) is 11.4 Å². The number of nitriles is 1. The number of nitrogens with zero attached hydrogens (tertiary/aromatic N) is 3. The molecule has 3 aromatic rings. The van der Waals surface area contributed by atoms with Crippen molar-refractivity contribution >= 4 is 23.2 Å². The lowest BCUT2D eigenvalue weighted by molar-refractivity contribution is 0.272. The summed E-state index contributed by atoms with van der Waals surface area (Å²) in [6, 6.07) is 8.92. The van der Waals surface area contributed by atoms with Crippen LogP contribution in [0.5, 0.6) is 17.2 Å². The van der Waals surface area contributed by atoms with Gasteiger partial charge in [0.1, 0.15) is 12.4 Å². The van der Waals surface area contributed by atoms with Gasteiger partial charge in [0, 0.05) is 12.1 Å². The zero-order chi connectivity index (χ0) is 19.6. The molecule has 0 amide bonds. The van der Waals surface area contributed by atoms with Gasteiger partial charge >= 0.3 is 5.69 Å². The van der Waals surface area contributed by atoms with Crippen molar-refractivity contribution in [2.24, 2.45) is 7.05 Å².